The zero-order valence-electron chi connectivity index (χ0n) is 25.2. The molecule has 0 saturated carbocycles. The van der Waals surface area contributed by atoms with Crippen molar-refractivity contribution < 1.29 is 17.6 Å². The zero-order valence-corrected chi connectivity index (χ0v) is 26.0. The van der Waals surface area contributed by atoms with E-state index in [2.05, 4.69) is 30.5 Å². The van der Waals surface area contributed by atoms with Gasteiger partial charge in [0, 0.05) is 40.7 Å². The van der Waals surface area contributed by atoms with Crippen LogP contribution >= 0.6 is 0 Å². The average Bonchev–Trinajstić information content (AvgIpc) is 3.68. The number of aryl methyl sites for hydroxylation is 1. The molecule has 0 spiro atoms. The second kappa shape index (κ2) is 12.2. The van der Waals surface area contributed by atoms with Crippen molar-refractivity contribution in [2.45, 2.75) is 12.8 Å². The van der Waals surface area contributed by atoms with Crippen LogP contribution in [0.3, 0.4) is 0 Å². The van der Waals surface area contributed by atoms with Gasteiger partial charge in [-0.1, -0.05) is 30.3 Å². The molecule has 0 aliphatic carbocycles. The van der Waals surface area contributed by atoms with E-state index in [1.807, 2.05) is 60.7 Å². The number of H-pyrrole nitrogens is 2. The first kappa shape index (κ1) is 29.9. The molecule has 0 unspecified atom stereocenters. The minimum Gasteiger partial charge on any atom is -0.353 e. The summed E-state index contributed by atoms with van der Waals surface area (Å²) in [7, 11) is -3.21. The van der Waals surface area contributed by atoms with Crippen molar-refractivity contribution in [1.29, 1.82) is 0 Å². The minimum absolute atomic E-state index is 0.0771. The summed E-state index contributed by atoms with van der Waals surface area (Å²) in [5, 5.41) is 11.2. The SMILES string of the molecule is CS(=O)(=O)CCc1cc(F)cc(-c2nccc3[nH]c(-c4n[nH]c5ccc(-c6cncc(NC(=O)Cc7ccccc7)c6)nc45)cc23)c1. The van der Waals surface area contributed by atoms with Gasteiger partial charge >= 0.3 is 0 Å². The van der Waals surface area contributed by atoms with Gasteiger partial charge in [0.2, 0.25) is 5.91 Å². The van der Waals surface area contributed by atoms with Crippen LogP contribution in [0.15, 0.2) is 97.5 Å². The van der Waals surface area contributed by atoms with E-state index >= 15 is 0 Å². The molecule has 0 radical (unpaired) electrons. The number of nitrogens with zero attached hydrogens (tertiary/aromatic N) is 4. The second-order valence-electron chi connectivity index (χ2n) is 11.4. The predicted octanol–water partition coefficient (Wildman–Crippen LogP) is 6.14. The lowest BCUT2D eigenvalue weighted by atomic mass is 10.0. The van der Waals surface area contributed by atoms with Crippen LogP contribution < -0.4 is 5.32 Å². The van der Waals surface area contributed by atoms with Crippen molar-refractivity contribution in [3.63, 3.8) is 0 Å². The van der Waals surface area contributed by atoms with E-state index in [4.69, 9.17) is 4.98 Å². The topological polar surface area (TPSA) is 146 Å². The van der Waals surface area contributed by atoms with Gasteiger partial charge in [-0.2, -0.15) is 5.10 Å². The van der Waals surface area contributed by atoms with Crippen molar-refractivity contribution in [1.82, 2.24) is 30.1 Å². The number of aromatic nitrogens is 6. The van der Waals surface area contributed by atoms with Crippen LogP contribution in [0.25, 0.3) is 55.8 Å². The van der Waals surface area contributed by atoms with Crippen LogP contribution in [-0.2, 0) is 27.5 Å². The Morgan fingerprint density at radius 3 is 2.57 bits per heavy atom. The summed E-state index contributed by atoms with van der Waals surface area (Å²) in [6, 6.07) is 23.3. The summed E-state index contributed by atoms with van der Waals surface area (Å²) in [5.41, 5.74) is 7.88. The molecule has 7 rings (SSSR count). The molecule has 5 heterocycles. The molecular weight excluding hydrogens is 617 g/mol. The number of amides is 1. The monoisotopic (exact) mass is 645 g/mol. The smallest absolute Gasteiger partial charge is 0.228 e. The van der Waals surface area contributed by atoms with Gasteiger partial charge in [0.05, 0.1) is 46.7 Å². The summed E-state index contributed by atoms with van der Waals surface area (Å²) in [6.07, 6.45) is 6.52. The highest BCUT2D eigenvalue weighted by molar-refractivity contribution is 7.90. The molecule has 0 atom stereocenters. The van der Waals surface area contributed by atoms with Crippen LogP contribution in [0, 0.1) is 5.82 Å². The molecule has 12 heteroatoms. The fraction of sp³-hybridized carbons (Fsp3) is 0.114. The van der Waals surface area contributed by atoms with Crippen molar-refractivity contribution in [2.24, 2.45) is 0 Å². The molecular formula is C35H28FN7O3S. The Bertz CT molecular complexity index is 2390. The molecule has 234 valence electrons. The van der Waals surface area contributed by atoms with Crippen LogP contribution in [-0.4, -0.2) is 56.5 Å². The van der Waals surface area contributed by atoms with E-state index in [9.17, 15) is 17.6 Å². The molecule has 2 aromatic carbocycles. The normalized spacial score (nSPS) is 11.7. The van der Waals surface area contributed by atoms with Gasteiger partial charge in [-0.25, -0.2) is 17.8 Å². The van der Waals surface area contributed by atoms with E-state index in [-0.39, 0.29) is 24.5 Å². The minimum atomic E-state index is -3.21. The van der Waals surface area contributed by atoms with Gasteiger partial charge in [-0.05, 0) is 66.1 Å². The van der Waals surface area contributed by atoms with Crippen LogP contribution in [0.1, 0.15) is 11.1 Å². The maximum absolute atomic E-state index is 14.7. The number of nitrogens with one attached hydrogen (secondary N) is 3. The Labute approximate surface area is 269 Å². The maximum atomic E-state index is 14.7. The van der Waals surface area contributed by atoms with Crippen LogP contribution in [0.4, 0.5) is 10.1 Å². The number of carbonyl (C=O) groups is 1. The van der Waals surface area contributed by atoms with Gasteiger partial charge in [0.25, 0.3) is 0 Å². The number of anilines is 1. The Kier molecular flexibility index (Phi) is 7.78. The first-order valence-electron chi connectivity index (χ1n) is 14.8. The molecule has 1 amide bonds. The van der Waals surface area contributed by atoms with Gasteiger partial charge in [0.1, 0.15) is 26.9 Å². The summed E-state index contributed by atoms with van der Waals surface area (Å²) in [6.45, 7) is 0. The fourth-order valence-electron chi connectivity index (χ4n) is 5.53. The number of rotatable bonds is 9. The summed E-state index contributed by atoms with van der Waals surface area (Å²) < 4.78 is 38.1. The molecule has 10 nitrogen and oxygen atoms in total. The van der Waals surface area contributed by atoms with Crippen LogP contribution in [0.2, 0.25) is 0 Å². The lowest BCUT2D eigenvalue weighted by Crippen LogP contribution is -2.14. The van der Waals surface area contributed by atoms with E-state index in [1.54, 1.807) is 24.7 Å². The number of aromatic amines is 2. The number of hydrogen-bond donors (Lipinski definition) is 3. The first-order valence-corrected chi connectivity index (χ1v) is 16.8. The lowest BCUT2D eigenvalue weighted by molar-refractivity contribution is -0.115. The van der Waals surface area contributed by atoms with Gasteiger partial charge in [-0.15, -0.1) is 0 Å². The van der Waals surface area contributed by atoms with Gasteiger partial charge in [0.15, 0.2) is 0 Å². The molecule has 0 bridgehead atoms. The van der Waals surface area contributed by atoms with Gasteiger partial charge < -0.3 is 10.3 Å². The lowest BCUT2D eigenvalue weighted by Gasteiger charge is -2.07. The quantitative estimate of drug-likeness (QED) is 0.171. The fourth-order valence-corrected chi connectivity index (χ4v) is 6.13. The van der Waals surface area contributed by atoms with Crippen molar-refractivity contribution in [3.8, 4) is 33.9 Å². The highest BCUT2D eigenvalue weighted by Crippen LogP contribution is 2.34. The molecule has 7 aromatic rings. The third-order valence-electron chi connectivity index (χ3n) is 7.73. The number of pyridine rings is 3. The molecule has 5 aromatic heterocycles. The zero-order chi connectivity index (χ0) is 32.5. The van der Waals surface area contributed by atoms with E-state index in [1.165, 1.54) is 12.1 Å². The van der Waals surface area contributed by atoms with Crippen molar-refractivity contribution in [3.05, 3.63) is 114 Å². The summed E-state index contributed by atoms with van der Waals surface area (Å²) in [4.78, 5) is 29.8. The Morgan fingerprint density at radius 1 is 0.894 bits per heavy atom. The highest BCUT2D eigenvalue weighted by atomic mass is 32.2. The number of benzene rings is 2. The number of sulfone groups is 1. The Morgan fingerprint density at radius 2 is 1.74 bits per heavy atom. The molecule has 0 aliphatic rings. The number of halogens is 1. The molecule has 0 fully saturated rings. The third-order valence-corrected chi connectivity index (χ3v) is 8.67. The van der Waals surface area contributed by atoms with Crippen LogP contribution in [0.5, 0.6) is 0 Å². The number of hydrogen-bond acceptors (Lipinski definition) is 7. The largest absolute Gasteiger partial charge is 0.353 e. The van der Waals surface area contributed by atoms with Crippen molar-refractivity contribution in [2.75, 3.05) is 17.3 Å². The first-order chi connectivity index (χ1) is 22.7. The predicted molar refractivity (Wildman–Crippen MR) is 180 cm³/mol. The molecule has 0 saturated heterocycles. The van der Waals surface area contributed by atoms with Gasteiger partial charge in [-0.3, -0.25) is 19.9 Å². The molecule has 3 N–H and O–H groups in total. The number of fused-ring (bicyclic) bond motifs is 2. The van der Waals surface area contributed by atoms with Crippen molar-refractivity contribution >= 4 is 43.4 Å². The highest BCUT2D eigenvalue weighted by Gasteiger charge is 2.17. The average molecular weight is 646 g/mol. The Hall–Kier alpha value is -5.75. The molecule has 0 aliphatic heterocycles. The van der Waals surface area contributed by atoms with E-state index in [0.29, 0.717) is 45.1 Å². The summed E-state index contributed by atoms with van der Waals surface area (Å²) >= 11 is 0. The third kappa shape index (κ3) is 6.63. The second-order valence-corrected chi connectivity index (χ2v) is 13.6. The standard InChI is InChI=1S/C35H28FN7O3S/c1-47(45,46)12-10-22-13-23(16-25(36)14-22)33-27-18-31(40-29(27)9-11-38-33)35-34-30(42-43-35)8-7-28(41-34)24-17-26(20-37-19-24)39-32(44)15-21-5-3-2-4-6-21/h2-9,11,13-14,16-20,40H,10,12,15H2,1H3,(H,39,44)(H,42,43). The maximum Gasteiger partial charge on any atom is 0.228 e. The molecule has 47 heavy (non-hydrogen) atoms. The Balaban J connectivity index is 1.20. The van der Waals surface area contributed by atoms with E-state index < -0.39 is 15.7 Å². The number of carbonyl (C=O) groups excluding carboxylic acids is 1. The van der Waals surface area contributed by atoms with E-state index in [0.717, 1.165) is 33.8 Å². The summed E-state index contributed by atoms with van der Waals surface area (Å²) in [5.74, 6) is -0.691.